The Morgan fingerprint density at radius 3 is 2.96 bits per heavy atom. The van der Waals surface area contributed by atoms with E-state index < -0.39 is 0 Å². The predicted octanol–water partition coefficient (Wildman–Crippen LogP) is 4.53. The molecule has 0 saturated carbocycles. The van der Waals surface area contributed by atoms with E-state index >= 15 is 0 Å². The summed E-state index contributed by atoms with van der Waals surface area (Å²) >= 11 is 1.70. The maximum absolute atomic E-state index is 12.3. The highest BCUT2D eigenvalue weighted by molar-refractivity contribution is 7.09. The third-order valence-electron chi connectivity index (χ3n) is 4.14. The zero-order valence-corrected chi connectivity index (χ0v) is 15.4. The molecule has 1 aromatic heterocycles. The molecule has 3 rings (SSSR count). The number of aromatic nitrogens is 1. The second kappa shape index (κ2) is 7.34. The quantitative estimate of drug-likeness (QED) is 0.773. The van der Waals surface area contributed by atoms with Crippen LogP contribution in [0.1, 0.15) is 38.6 Å². The van der Waals surface area contributed by atoms with Crippen LogP contribution in [-0.2, 0) is 11.2 Å². The molecule has 2 heterocycles. The van der Waals surface area contributed by atoms with Crippen molar-refractivity contribution in [3.63, 3.8) is 0 Å². The van der Waals surface area contributed by atoms with Crippen molar-refractivity contribution in [2.24, 2.45) is 5.92 Å². The summed E-state index contributed by atoms with van der Waals surface area (Å²) in [5.41, 5.74) is 2.89. The van der Waals surface area contributed by atoms with Gasteiger partial charge in [-0.25, -0.2) is 4.98 Å². The maximum atomic E-state index is 12.3. The Balaban J connectivity index is 1.90. The van der Waals surface area contributed by atoms with Gasteiger partial charge in [-0.1, -0.05) is 20.8 Å². The van der Waals surface area contributed by atoms with Crippen LogP contribution in [-0.4, -0.2) is 24.0 Å². The van der Waals surface area contributed by atoms with Gasteiger partial charge in [-0.2, -0.15) is 0 Å². The average molecular weight is 344 g/mol. The number of hydrogen-bond donors (Lipinski definition) is 0. The zero-order chi connectivity index (χ0) is 17.1. The highest BCUT2D eigenvalue weighted by Crippen LogP contribution is 2.36. The molecule has 4 nitrogen and oxygen atoms in total. The van der Waals surface area contributed by atoms with Crippen molar-refractivity contribution >= 4 is 22.9 Å². The smallest absolute Gasteiger partial charge is 0.265 e. The highest BCUT2D eigenvalue weighted by Gasteiger charge is 2.26. The molecule has 0 aliphatic carbocycles. The number of benzene rings is 1. The Morgan fingerprint density at radius 2 is 2.21 bits per heavy atom. The number of ether oxygens (including phenoxy) is 1. The number of hydrogen-bond acceptors (Lipinski definition) is 4. The second-order valence-electron chi connectivity index (χ2n) is 6.58. The lowest BCUT2D eigenvalue weighted by Crippen LogP contribution is -2.39. The number of anilines is 1. The van der Waals surface area contributed by atoms with Gasteiger partial charge in [0.1, 0.15) is 5.75 Å². The summed E-state index contributed by atoms with van der Waals surface area (Å²) in [6.07, 6.45) is 3.09. The predicted molar refractivity (Wildman–Crippen MR) is 98.8 cm³/mol. The molecule has 0 unspecified atom stereocenters. The molecule has 24 heavy (non-hydrogen) atoms. The van der Waals surface area contributed by atoms with Crippen LogP contribution in [0, 0.1) is 5.92 Å². The van der Waals surface area contributed by atoms with E-state index in [4.69, 9.17) is 9.72 Å². The molecule has 2 aromatic rings. The Kier molecular flexibility index (Phi) is 5.19. The Labute approximate surface area is 147 Å². The Hall–Kier alpha value is -1.88. The lowest BCUT2D eigenvalue weighted by molar-refractivity contribution is -0.121. The van der Waals surface area contributed by atoms with Crippen LogP contribution < -0.4 is 9.64 Å². The molecule has 1 aromatic carbocycles. The van der Waals surface area contributed by atoms with E-state index in [9.17, 15) is 4.79 Å². The molecular formula is C19H24N2O2S. The minimum atomic E-state index is 0.0326. The standard InChI is InChI=1S/C19H24N2O2S/c1-4-5-18-20-15(12-24-18)14-6-7-17-16(10-14)21(9-8-13(2)3)19(22)11-23-17/h6-7,10,12-13H,4-5,8-9,11H2,1-3H3. The van der Waals surface area contributed by atoms with Gasteiger partial charge in [0.15, 0.2) is 6.61 Å². The number of carbonyl (C=O) groups excluding carboxylic acids is 1. The van der Waals surface area contributed by atoms with Crippen molar-refractivity contribution in [3.8, 4) is 17.0 Å². The maximum Gasteiger partial charge on any atom is 0.265 e. The topological polar surface area (TPSA) is 42.4 Å². The molecule has 0 N–H and O–H groups in total. The molecule has 5 heteroatoms. The number of aryl methyl sites for hydroxylation is 1. The van der Waals surface area contributed by atoms with Crippen molar-refractivity contribution in [2.45, 2.75) is 40.0 Å². The van der Waals surface area contributed by atoms with Crippen LogP contribution in [0.25, 0.3) is 11.3 Å². The normalized spacial score (nSPS) is 14.0. The van der Waals surface area contributed by atoms with Gasteiger partial charge in [0.05, 0.1) is 16.4 Å². The lowest BCUT2D eigenvalue weighted by atomic mass is 10.1. The largest absolute Gasteiger partial charge is 0.482 e. The molecule has 0 atom stereocenters. The van der Waals surface area contributed by atoms with Gasteiger partial charge in [0, 0.05) is 17.5 Å². The molecule has 1 aliphatic heterocycles. The summed E-state index contributed by atoms with van der Waals surface area (Å²) in [6.45, 7) is 7.37. The minimum Gasteiger partial charge on any atom is -0.482 e. The first-order valence-corrected chi connectivity index (χ1v) is 9.48. The molecule has 1 aliphatic rings. The molecule has 0 spiro atoms. The van der Waals surface area contributed by atoms with Crippen molar-refractivity contribution in [1.29, 1.82) is 0 Å². The van der Waals surface area contributed by atoms with E-state index in [1.807, 2.05) is 23.1 Å². The molecular weight excluding hydrogens is 320 g/mol. The van der Waals surface area contributed by atoms with Crippen LogP contribution >= 0.6 is 11.3 Å². The molecule has 0 bridgehead atoms. The Bertz CT molecular complexity index is 724. The zero-order valence-electron chi connectivity index (χ0n) is 14.5. The van der Waals surface area contributed by atoms with E-state index in [1.165, 1.54) is 0 Å². The van der Waals surface area contributed by atoms with Crippen LogP contribution in [0.15, 0.2) is 23.6 Å². The number of carbonyl (C=O) groups is 1. The third-order valence-corrected chi connectivity index (χ3v) is 5.05. The fourth-order valence-electron chi connectivity index (χ4n) is 2.77. The molecule has 0 saturated heterocycles. The SMILES string of the molecule is CCCc1nc(-c2ccc3c(c2)N(CCC(C)C)C(=O)CO3)cs1. The van der Waals surface area contributed by atoms with Crippen molar-refractivity contribution in [3.05, 3.63) is 28.6 Å². The summed E-state index contributed by atoms with van der Waals surface area (Å²) < 4.78 is 5.60. The summed E-state index contributed by atoms with van der Waals surface area (Å²) in [5, 5.41) is 3.26. The van der Waals surface area contributed by atoms with Crippen LogP contribution in [0.3, 0.4) is 0 Å². The summed E-state index contributed by atoms with van der Waals surface area (Å²) in [6, 6.07) is 6.02. The van der Waals surface area contributed by atoms with Gasteiger partial charge in [-0.15, -0.1) is 11.3 Å². The van der Waals surface area contributed by atoms with E-state index in [0.717, 1.165) is 53.5 Å². The first-order valence-electron chi connectivity index (χ1n) is 8.60. The van der Waals surface area contributed by atoms with Gasteiger partial charge >= 0.3 is 0 Å². The number of thiazole rings is 1. The van der Waals surface area contributed by atoms with E-state index in [0.29, 0.717) is 5.92 Å². The third kappa shape index (κ3) is 3.61. The lowest BCUT2D eigenvalue weighted by Gasteiger charge is -2.30. The first kappa shape index (κ1) is 17.0. The summed E-state index contributed by atoms with van der Waals surface area (Å²) in [4.78, 5) is 18.9. The molecule has 1 amide bonds. The number of rotatable bonds is 6. The van der Waals surface area contributed by atoms with Crippen molar-refractivity contribution in [2.75, 3.05) is 18.1 Å². The molecule has 0 fully saturated rings. The van der Waals surface area contributed by atoms with Gasteiger partial charge in [0.2, 0.25) is 0 Å². The summed E-state index contributed by atoms with van der Waals surface area (Å²) in [5.74, 6) is 1.37. The van der Waals surface area contributed by atoms with Crippen molar-refractivity contribution < 1.29 is 9.53 Å². The van der Waals surface area contributed by atoms with E-state index in [2.05, 4.69) is 26.2 Å². The van der Waals surface area contributed by atoms with Crippen LogP contribution in [0.5, 0.6) is 5.75 Å². The van der Waals surface area contributed by atoms with Crippen molar-refractivity contribution in [1.82, 2.24) is 4.98 Å². The fourth-order valence-corrected chi connectivity index (χ4v) is 3.68. The first-order chi connectivity index (χ1) is 11.6. The minimum absolute atomic E-state index is 0.0326. The van der Waals surface area contributed by atoms with Crippen LogP contribution in [0.4, 0.5) is 5.69 Å². The molecule has 0 radical (unpaired) electrons. The Morgan fingerprint density at radius 1 is 1.38 bits per heavy atom. The highest BCUT2D eigenvalue weighted by atomic mass is 32.1. The van der Waals surface area contributed by atoms with Gasteiger partial charge in [0.25, 0.3) is 5.91 Å². The number of fused-ring (bicyclic) bond motifs is 1. The van der Waals surface area contributed by atoms with E-state index in [1.54, 1.807) is 11.3 Å². The fraction of sp³-hybridized carbons (Fsp3) is 0.474. The van der Waals surface area contributed by atoms with Crippen LogP contribution in [0.2, 0.25) is 0 Å². The van der Waals surface area contributed by atoms with Gasteiger partial charge in [-0.3, -0.25) is 4.79 Å². The average Bonchev–Trinajstić information content (AvgIpc) is 3.02. The molecule has 128 valence electrons. The van der Waals surface area contributed by atoms with Gasteiger partial charge < -0.3 is 9.64 Å². The number of nitrogens with zero attached hydrogens (tertiary/aromatic N) is 2. The number of amides is 1. The second-order valence-corrected chi connectivity index (χ2v) is 7.52. The monoisotopic (exact) mass is 344 g/mol. The van der Waals surface area contributed by atoms with E-state index in [-0.39, 0.29) is 12.5 Å². The summed E-state index contributed by atoms with van der Waals surface area (Å²) in [7, 11) is 0. The van der Waals surface area contributed by atoms with Gasteiger partial charge in [-0.05, 0) is 43.4 Å².